The molecule has 0 atom stereocenters. The van der Waals surface area contributed by atoms with E-state index in [0.717, 1.165) is 18.4 Å². The first-order valence-corrected chi connectivity index (χ1v) is 9.18. The maximum atomic E-state index is 12.7. The summed E-state index contributed by atoms with van der Waals surface area (Å²) in [4.78, 5) is 0.392. The quantitative estimate of drug-likeness (QED) is 0.762. The highest BCUT2D eigenvalue weighted by Gasteiger charge is 2.22. The van der Waals surface area contributed by atoms with Crippen molar-refractivity contribution in [1.82, 2.24) is 9.62 Å². The largest absolute Gasteiger partial charge is 0.310 e. The molecule has 0 aliphatic carbocycles. The van der Waals surface area contributed by atoms with Crippen molar-refractivity contribution in [2.75, 3.05) is 13.1 Å². The van der Waals surface area contributed by atoms with Crippen LogP contribution in [0, 0.1) is 0 Å². The summed E-state index contributed by atoms with van der Waals surface area (Å²) in [5.74, 6) is 0. The molecular formula is C16H28N2O2S. The number of rotatable bonds is 9. The lowest BCUT2D eigenvalue weighted by Gasteiger charge is -2.20. The second-order valence-electron chi connectivity index (χ2n) is 5.53. The van der Waals surface area contributed by atoms with Crippen LogP contribution in [0.15, 0.2) is 29.2 Å². The molecular weight excluding hydrogens is 284 g/mol. The van der Waals surface area contributed by atoms with Crippen LogP contribution in [0.2, 0.25) is 0 Å². The fourth-order valence-corrected chi connectivity index (χ4v) is 3.63. The average molecular weight is 312 g/mol. The van der Waals surface area contributed by atoms with Gasteiger partial charge in [-0.3, -0.25) is 0 Å². The van der Waals surface area contributed by atoms with E-state index in [1.807, 2.05) is 19.1 Å². The fourth-order valence-electron chi connectivity index (χ4n) is 2.07. The lowest BCUT2D eigenvalue weighted by Crippen LogP contribution is -2.32. The molecule has 0 aliphatic heterocycles. The molecule has 0 fully saturated rings. The molecule has 1 N–H and O–H groups in total. The van der Waals surface area contributed by atoms with Crippen LogP contribution >= 0.6 is 0 Å². The van der Waals surface area contributed by atoms with Crippen molar-refractivity contribution in [3.8, 4) is 0 Å². The van der Waals surface area contributed by atoms with E-state index in [1.165, 1.54) is 0 Å². The minimum Gasteiger partial charge on any atom is -0.310 e. The third-order valence-electron chi connectivity index (χ3n) is 3.36. The summed E-state index contributed by atoms with van der Waals surface area (Å²) in [5, 5.41) is 3.31. The number of benzene rings is 1. The van der Waals surface area contributed by atoms with Crippen molar-refractivity contribution < 1.29 is 8.42 Å². The number of sulfonamides is 1. The van der Waals surface area contributed by atoms with Gasteiger partial charge in [-0.05, 0) is 24.1 Å². The van der Waals surface area contributed by atoms with Crippen molar-refractivity contribution in [3.63, 3.8) is 0 Å². The lowest BCUT2D eigenvalue weighted by atomic mass is 10.2. The third kappa shape index (κ3) is 5.41. The van der Waals surface area contributed by atoms with Crippen LogP contribution in [-0.2, 0) is 16.6 Å². The number of hydrogen-bond donors (Lipinski definition) is 1. The SMILES string of the molecule is CCCCN(CC)S(=O)(=O)c1cccc(CNC(C)C)c1. The van der Waals surface area contributed by atoms with E-state index in [-0.39, 0.29) is 0 Å². The summed E-state index contributed by atoms with van der Waals surface area (Å²) in [5.41, 5.74) is 0.997. The Hall–Kier alpha value is -0.910. The first-order valence-electron chi connectivity index (χ1n) is 7.74. The van der Waals surface area contributed by atoms with Gasteiger partial charge in [0.15, 0.2) is 0 Å². The Bertz CT molecular complexity index is 527. The van der Waals surface area contributed by atoms with Gasteiger partial charge in [-0.25, -0.2) is 8.42 Å². The highest BCUT2D eigenvalue weighted by Crippen LogP contribution is 2.17. The molecule has 0 saturated heterocycles. The first-order chi connectivity index (χ1) is 9.91. The van der Waals surface area contributed by atoms with Gasteiger partial charge in [-0.2, -0.15) is 4.31 Å². The van der Waals surface area contributed by atoms with Gasteiger partial charge in [0.25, 0.3) is 0 Å². The molecule has 1 aromatic carbocycles. The Morgan fingerprint density at radius 2 is 1.95 bits per heavy atom. The summed E-state index contributed by atoms with van der Waals surface area (Å²) in [6.07, 6.45) is 1.88. The van der Waals surface area contributed by atoms with E-state index < -0.39 is 10.0 Å². The lowest BCUT2D eigenvalue weighted by molar-refractivity contribution is 0.419. The summed E-state index contributed by atoms with van der Waals surface area (Å²) < 4.78 is 26.9. The highest BCUT2D eigenvalue weighted by molar-refractivity contribution is 7.89. The van der Waals surface area contributed by atoms with Crippen LogP contribution in [0.4, 0.5) is 0 Å². The van der Waals surface area contributed by atoms with E-state index in [0.29, 0.717) is 30.6 Å². The second-order valence-corrected chi connectivity index (χ2v) is 7.47. The Morgan fingerprint density at radius 3 is 2.52 bits per heavy atom. The first kappa shape index (κ1) is 18.1. The highest BCUT2D eigenvalue weighted by atomic mass is 32.2. The average Bonchev–Trinajstić information content (AvgIpc) is 2.46. The van der Waals surface area contributed by atoms with Gasteiger partial charge in [0, 0.05) is 25.7 Å². The maximum Gasteiger partial charge on any atom is 0.243 e. The van der Waals surface area contributed by atoms with Crippen molar-refractivity contribution in [3.05, 3.63) is 29.8 Å². The van der Waals surface area contributed by atoms with Crippen LogP contribution in [0.1, 0.15) is 46.1 Å². The summed E-state index contributed by atoms with van der Waals surface area (Å²) in [7, 11) is -3.38. The molecule has 0 spiro atoms. The van der Waals surface area contributed by atoms with Gasteiger partial charge in [-0.1, -0.05) is 46.2 Å². The molecule has 1 rings (SSSR count). The van der Waals surface area contributed by atoms with E-state index >= 15 is 0 Å². The van der Waals surface area contributed by atoms with Crippen molar-refractivity contribution in [2.24, 2.45) is 0 Å². The van der Waals surface area contributed by atoms with Crippen LogP contribution in [0.5, 0.6) is 0 Å². The summed E-state index contributed by atoms with van der Waals surface area (Å²) in [6, 6.07) is 7.61. The van der Waals surface area contributed by atoms with Gasteiger partial charge in [0.1, 0.15) is 0 Å². The third-order valence-corrected chi connectivity index (χ3v) is 5.33. The minimum absolute atomic E-state index is 0.377. The molecule has 0 aromatic heterocycles. The van der Waals surface area contributed by atoms with Crippen LogP contribution < -0.4 is 5.32 Å². The second kappa shape index (κ2) is 8.51. The molecule has 1 aromatic rings. The molecule has 21 heavy (non-hydrogen) atoms. The molecule has 120 valence electrons. The van der Waals surface area contributed by atoms with Crippen molar-refractivity contribution in [2.45, 2.75) is 58.0 Å². The van der Waals surface area contributed by atoms with E-state index in [1.54, 1.807) is 16.4 Å². The standard InChI is InChI=1S/C16H28N2O2S/c1-5-7-11-18(6-2)21(19,20)16-10-8-9-15(12-16)13-17-14(3)4/h8-10,12,14,17H,5-7,11,13H2,1-4H3. The van der Waals surface area contributed by atoms with Crippen LogP contribution in [0.25, 0.3) is 0 Å². The summed E-state index contributed by atoms with van der Waals surface area (Å²) in [6.45, 7) is 9.88. The zero-order valence-corrected chi connectivity index (χ0v) is 14.4. The number of nitrogens with zero attached hydrogens (tertiary/aromatic N) is 1. The zero-order chi connectivity index (χ0) is 15.9. The number of nitrogens with one attached hydrogen (secondary N) is 1. The Balaban J connectivity index is 2.93. The normalized spacial score (nSPS) is 12.3. The monoisotopic (exact) mass is 312 g/mol. The molecule has 5 heteroatoms. The molecule has 0 saturated carbocycles. The Morgan fingerprint density at radius 1 is 1.24 bits per heavy atom. The van der Waals surface area contributed by atoms with Crippen molar-refractivity contribution >= 4 is 10.0 Å². The van der Waals surface area contributed by atoms with Gasteiger partial charge in [0.05, 0.1) is 4.90 Å². The number of unbranched alkanes of at least 4 members (excludes halogenated alkanes) is 1. The van der Waals surface area contributed by atoms with E-state index in [9.17, 15) is 8.42 Å². The smallest absolute Gasteiger partial charge is 0.243 e. The molecule has 0 amide bonds. The topological polar surface area (TPSA) is 49.4 Å². The molecule has 0 aliphatic rings. The van der Waals surface area contributed by atoms with E-state index in [4.69, 9.17) is 0 Å². The van der Waals surface area contributed by atoms with Crippen LogP contribution in [0.3, 0.4) is 0 Å². The van der Waals surface area contributed by atoms with Gasteiger partial charge >= 0.3 is 0 Å². The predicted octanol–water partition coefficient (Wildman–Crippen LogP) is 3.00. The molecule has 0 radical (unpaired) electrons. The van der Waals surface area contributed by atoms with Crippen molar-refractivity contribution in [1.29, 1.82) is 0 Å². The fraction of sp³-hybridized carbons (Fsp3) is 0.625. The van der Waals surface area contributed by atoms with Gasteiger partial charge in [-0.15, -0.1) is 0 Å². The number of hydrogen-bond acceptors (Lipinski definition) is 3. The Kier molecular flexibility index (Phi) is 7.35. The summed E-state index contributed by atoms with van der Waals surface area (Å²) >= 11 is 0. The molecule has 0 unspecified atom stereocenters. The molecule has 0 heterocycles. The molecule has 0 bridgehead atoms. The van der Waals surface area contributed by atoms with Gasteiger partial charge in [0.2, 0.25) is 10.0 Å². The van der Waals surface area contributed by atoms with Crippen LogP contribution in [-0.4, -0.2) is 31.9 Å². The predicted molar refractivity (Wildman–Crippen MR) is 87.8 cm³/mol. The van der Waals surface area contributed by atoms with Gasteiger partial charge < -0.3 is 5.32 Å². The Labute approximate surface area is 129 Å². The maximum absolute atomic E-state index is 12.7. The zero-order valence-electron chi connectivity index (χ0n) is 13.6. The molecule has 4 nitrogen and oxygen atoms in total. The van der Waals surface area contributed by atoms with E-state index in [2.05, 4.69) is 26.1 Å². The minimum atomic E-state index is -3.38.